The average molecular weight is 515 g/mol. The van der Waals surface area contributed by atoms with Crippen LogP contribution in [0, 0.1) is 5.41 Å². The maximum absolute atomic E-state index is 13.3. The predicted molar refractivity (Wildman–Crippen MR) is 139 cm³/mol. The van der Waals surface area contributed by atoms with Crippen molar-refractivity contribution in [1.82, 2.24) is 9.80 Å². The van der Waals surface area contributed by atoms with Gasteiger partial charge in [-0.1, -0.05) is 36.2 Å². The fourth-order valence-corrected chi connectivity index (χ4v) is 5.30. The first kappa shape index (κ1) is 26.3. The van der Waals surface area contributed by atoms with Crippen LogP contribution in [0.1, 0.15) is 42.5 Å². The van der Waals surface area contributed by atoms with E-state index in [1.807, 2.05) is 29.2 Å². The molecule has 5 rings (SSSR count). The van der Waals surface area contributed by atoms with E-state index < -0.39 is 0 Å². The van der Waals surface area contributed by atoms with Gasteiger partial charge in [0, 0.05) is 31.8 Å². The molecule has 2 aromatic carbocycles. The molecule has 1 saturated heterocycles. The molecule has 2 aromatic rings. The maximum Gasteiger partial charge on any atom is 0.260 e. The summed E-state index contributed by atoms with van der Waals surface area (Å²) in [5.41, 5.74) is 0.625. The second-order valence-corrected chi connectivity index (χ2v) is 10.1. The van der Waals surface area contributed by atoms with E-state index in [0.29, 0.717) is 61.5 Å². The van der Waals surface area contributed by atoms with Gasteiger partial charge in [-0.2, -0.15) is 0 Å². The van der Waals surface area contributed by atoms with Crippen molar-refractivity contribution in [2.75, 3.05) is 53.1 Å². The molecular weight excluding hydrogens is 480 g/mol. The molecule has 1 fully saturated rings. The highest BCUT2D eigenvalue weighted by molar-refractivity contribution is 6.30. The van der Waals surface area contributed by atoms with Gasteiger partial charge in [-0.05, 0) is 61.4 Å². The molecule has 3 aliphatic rings. The second kappa shape index (κ2) is 12.5. The van der Waals surface area contributed by atoms with Gasteiger partial charge in [-0.25, -0.2) is 0 Å². The summed E-state index contributed by atoms with van der Waals surface area (Å²) in [4.78, 5) is 30.1. The van der Waals surface area contributed by atoms with Gasteiger partial charge in [0.15, 0.2) is 6.61 Å². The Kier molecular flexibility index (Phi) is 9.10. The third-order valence-electron chi connectivity index (χ3n) is 7.19. The number of piperidine rings is 1. The fraction of sp³-hybridized carbons (Fsp3) is 0.500. The first-order valence-electron chi connectivity index (χ1n) is 12.7. The second-order valence-electron chi connectivity index (χ2n) is 9.65. The number of ether oxygens (including phenoxy) is 3. The monoisotopic (exact) mass is 514 g/mol. The van der Waals surface area contributed by atoms with Crippen LogP contribution in [0.25, 0.3) is 0 Å². The summed E-state index contributed by atoms with van der Waals surface area (Å²) in [6.07, 6.45) is 4.69. The highest BCUT2D eigenvalue weighted by Crippen LogP contribution is 2.38. The van der Waals surface area contributed by atoms with Crippen LogP contribution < -0.4 is 9.47 Å². The zero-order valence-electron chi connectivity index (χ0n) is 20.9. The molecule has 0 saturated carbocycles. The Hall–Kier alpha value is -2.77. The van der Waals surface area contributed by atoms with Crippen LogP contribution in [0.4, 0.5) is 0 Å². The molecule has 0 atom stereocenters. The van der Waals surface area contributed by atoms with Crippen molar-refractivity contribution in [1.29, 1.82) is 0 Å². The quantitative estimate of drug-likeness (QED) is 0.579. The molecule has 3 heterocycles. The standard InChI is InChI=1S/C28H35ClN2O5/c1-34-21-28-11-4-5-14-30(26(32)20-36-23-8-6-7-22(29)19-23)17-18-35-25-10-3-2-9-24(25)27(33)31(15-12-28)16-13-28/h2-3,6-10,19H,4-5,11-18,20-21H2,1H3. The number of amides is 2. The minimum atomic E-state index is -0.106. The maximum atomic E-state index is 13.3. The van der Waals surface area contributed by atoms with Crippen molar-refractivity contribution in [3.8, 4) is 11.5 Å². The van der Waals surface area contributed by atoms with Crippen molar-refractivity contribution in [3.05, 3.63) is 59.1 Å². The van der Waals surface area contributed by atoms with Gasteiger partial charge >= 0.3 is 0 Å². The molecular formula is C28H35ClN2O5. The van der Waals surface area contributed by atoms with E-state index in [0.717, 1.165) is 32.1 Å². The van der Waals surface area contributed by atoms with Gasteiger partial charge in [0.25, 0.3) is 11.8 Å². The number of halogens is 1. The third-order valence-corrected chi connectivity index (χ3v) is 7.43. The number of carbonyl (C=O) groups excluding carboxylic acids is 2. The fourth-order valence-electron chi connectivity index (χ4n) is 5.12. The van der Waals surface area contributed by atoms with Crippen molar-refractivity contribution >= 4 is 23.4 Å². The van der Waals surface area contributed by atoms with E-state index in [-0.39, 0.29) is 23.8 Å². The van der Waals surface area contributed by atoms with E-state index in [1.165, 1.54) is 0 Å². The number of hydrogen-bond donors (Lipinski definition) is 0. The number of methoxy groups -OCH3 is 1. The molecule has 2 bridgehead atoms. The minimum Gasteiger partial charge on any atom is -0.491 e. The van der Waals surface area contributed by atoms with E-state index in [9.17, 15) is 9.59 Å². The van der Waals surface area contributed by atoms with Crippen LogP contribution in [0.3, 0.4) is 0 Å². The Balaban J connectivity index is 1.48. The Morgan fingerprint density at radius 2 is 1.83 bits per heavy atom. The third kappa shape index (κ3) is 6.71. The summed E-state index contributed by atoms with van der Waals surface area (Å²) in [5.74, 6) is 0.999. The van der Waals surface area contributed by atoms with E-state index >= 15 is 0 Å². The zero-order chi connectivity index (χ0) is 25.4. The number of nitrogens with zero attached hydrogens (tertiary/aromatic N) is 2. The molecule has 36 heavy (non-hydrogen) atoms. The Bertz CT molecular complexity index is 1040. The van der Waals surface area contributed by atoms with E-state index in [1.54, 1.807) is 36.3 Å². The molecule has 0 radical (unpaired) electrons. The molecule has 3 aliphatic heterocycles. The van der Waals surface area contributed by atoms with Crippen molar-refractivity contribution < 1.29 is 23.8 Å². The van der Waals surface area contributed by atoms with Crippen molar-refractivity contribution in [2.45, 2.75) is 32.1 Å². The van der Waals surface area contributed by atoms with Crippen LogP contribution in [0.15, 0.2) is 48.5 Å². The molecule has 0 unspecified atom stereocenters. The lowest BCUT2D eigenvalue weighted by molar-refractivity contribution is -0.133. The van der Waals surface area contributed by atoms with Gasteiger partial charge in [-0.3, -0.25) is 9.59 Å². The molecule has 2 amide bonds. The van der Waals surface area contributed by atoms with Crippen LogP contribution >= 0.6 is 11.6 Å². The van der Waals surface area contributed by atoms with Crippen molar-refractivity contribution in [2.24, 2.45) is 5.41 Å². The smallest absolute Gasteiger partial charge is 0.260 e. The van der Waals surface area contributed by atoms with E-state index in [2.05, 4.69) is 0 Å². The normalized spacial score (nSPS) is 18.6. The summed E-state index contributed by atoms with van der Waals surface area (Å²) >= 11 is 6.03. The Morgan fingerprint density at radius 1 is 1.03 bits per heavy atom. The lowest BCUT2D eigenvalue weighted by Crippen LogP contribution is -2.45. The number of hydrogen-bond acceptors (Lipinski definition) is 5. The van der Waals surface area contributed by atoms with Crippen LogP contribution in [-0.4, -0.2) is 74.7 Å². The molecule has 8 heteroatoms. The van der Waals surface area contributed by atoms with Crippen molar-refractivity contribution in [3.63, 3.8) is 0 Å². The topological polar surface area (TPSA) is 68.3 Å². The number of carbonyl (C=O) groups is 2. The van der Waals surface area contributed by atoms with Gasteiger partial charge in [-0.15, -0.1) is 0 Å². The van der Waals surface area contributed by atoms with Crippen LogP contribution in [0.5, 0.6) is 11.5 Å². The largest absolute Gasteiger partial charge is 0.491 e. The molecule has 0 aromatic heterocycles. The summed E-state index contributed by atoms with van der Waals surface area (Å²) in [6.45, 7) is 3.36. The molecule has 0 N–H and O–H groups in total. The lowest BCUT2D eigenvalue weighted by Gasteiger charge is -2.41. The highest BCUT2D eigenvalue weighted by atomic mass is 35.5. The first-order chi connectivity index (χ1) is 17.5. The molecule has 0 aliphatic carbocycles. The van der Waals surface area contributed by atoms with Crippen LogP contribution in [0.2, 0.25) is 5.02 Å². The molecule has 0 spiro atoms. The van der Waals surface area contributed by atoms with Gasteiger partial charge in [0.2, 0.25) is 0 Å². The summed E-state index contributed by atoms with van der Waals surface area (Å²) in [6, 6.07) is 14.4. The zero-order valence-corrected chi connectivity index (χ0v) is 21.7. The Morgan fingerprint density at radius 3 is 2.61 bits per heavy atom. The van der Waals surface area contributed by atoms with Crippen LogP contribution in [-0.2, 0) is 9.53 Å². The van der Waals surface area contributed by atoms with Gasteiger partial charge in [0.05, 0.1) is 18.7 Å². The van der Waals surface area contributed by atoms with Gasteiger partial charge in [0.1, 0.15) is 18.1 Å². The SMILES string of the molecule is COCC12CCCCN(C(=O)COc3cccc(Cl)c3)CCOc3ccccc3C(=O)N(CC1)CC2. The summed E-state index contributed by atoms with van der Waals surface area (Å²) < 4.78 is 17.3. The highest BCUT2D eigenvalue weighted by Gasteiger charge is 2.36. The molecule has 7 nitrogen and oxygen atoms in total. The minimum absolute atomic E-state index is 0.00524. The number of fused-ring (bicyclic) bond motifs is 9. The predicted octanol–water partition coefficient (Wildman–Crippen LogP) is 4.68. The summed E-state index contributed by atoms with van der Waals surface area (Å²) in [7, 11) is 1.75. The first-order valence-corrected chi connectivity index (χ1v) is 13.0. The lowest BCUT2D eigenvalue weighted by atomic mass is 9.75. The number of rotatable bonds is 5. The molecule has 194 valence electrons. The average Bonchev–Trinajstić information content (AvgIpc) is 2.89. The number of benzene rings is 2. The van der Waals surface area contributed by atoms with Gasteiger partial charge < -0.3 is 24.0 Å². The summed E-state index contributed by atoms with van der Waals surface area (Å²) in [5, 5.41) is 0.561. The van der Waals surface area contributed by atoms with E-state index in [4.69, 9.17) is 25.8 Å². The Labute approximate surface area is 218 Å². The number of para-hydroxylation sites is 1.